The van der Waals surface area contributed by atoms with Crippen LogP contribution in [0.4, 0.5) is 4.79 Å². The molecule has 1 amide bonds. The van der Waals surface area contributed by atoms with Gasteiger partial charge in [-0.2, -0.15) is 0 Å². The van der Waals surface area contributed by atoms with Gasteiger partial charge < -0.3 is 27.8 Å². The SMILES string of the molecule is COc1ccc(Cc2c(Cc3ccc(OC)c(O[Si](C)(C)C(C)(C)C)c3)n(C)/c(=N\C(=O)OC(C)(C)C)n2C)cc1. The Morgan fingerprint density at radius 1 is 0.805 bits per heavy atom. The minimum Gasteiger partial charge on any atom is -0.541 e. The van der Waals surface area contributed by atoms with Crippen molar-refractivity contribution in [3.63, 3.8) is 0 Å². The first-order valence-electron chi connectivity index (χ1n) is 14.0. The lowest BCUT2D eigenvalue weighted by molar-refractivity contribution is 0.0593. The summed E-state index contributed by atoms with van der Waals surface area (Å²) in [5.74, 6) is 2.28. The van der Waals surface area contributed by atoms with Gasteiger partial charge in [-0.05, 0) is 74.3 Å². The average Bonchev–Trinajstić information content (AvgIpc) is 3.06. The first-order chi connectivity index (χ1) is 19.0. The molecule has 41 heavy (non-hydrogen) atoms. The molecule has 224 valence electrons. The van der Waals surface area contributed by atoms with Crippen molar-refractivity contribution in [3.05, 3.63) is 70.6 Å². The molecule has 0 spiro atoms. The van der Waals surface area contributed by atoms with Crippen molar-refractivity contribution in [1.82, 2.24) is 9.13 Å². The molecule has 0 atom stereocenters. The number of methoxy groups -OCH3 is 2. The van der Waals surface area contributed by atoms with Gasteiger partial charge in [-0.3, -0.25) is 0 Å². The van der Waals surface area contributed by atoms with Gasteiger partial charge in [-0.1, -0.05) is 39.0 Å². The monoisotopic (exact) mass is 581 g/mol. The van der Waals surface area contributed by atoms with Gasteiger partial charge in [0.05, 0.1) is 14.2 Å². The zero-order valence-electron chi connectivity index (χ0n) is 26.8. The van der Waals surface area contributed by atoms with Crippen LogP contribution in [0.1, 0.15) is 64.1 Å². The van der Waals surface area contributed by atoms with Crippen molar-refractivity contribution in [2.45, 2.75) is 78.1 Å². The Bertz CT molecular complexity index is 1440. The van der Waals surface area contributed by atoms with E-state index >= 15 is 0 Å². The number of imidazole rings is 1. The van der Waals surface area contributed by atoms with Crippen LogP contribution >= 0.6 is 0 Å². The fraction of sp³-hybridized carbons (Fsp3) is 0.500. The third kappa shape index (κ3) is 7.84. The molecule has 0 aliphatic carbocycles. The Morgan fingerprint density at radius 2 is 1.34 bits per heavy atom. The molecular weight excluding hydrogens is 534 g/mol. The van der Waals surface area contributed by atoms with E-state index in [2.05, 4.69) is 63.1 Å². The highest BCUT2D eigenvalue weighted by atomic mass is 28.4. The quantitative estimate of drug-likeness (QED) is 0.274. The summed E-state index contributed by atoms with van der Waals surface area (Å²) in [4.78, 5) is 17.1. The zero-order chi connectivity index (χ0) is 30.8. The van der Waals surface area contributed by atoms with Crippen LogP contribution in [0.25, 0.3) is 0 Å². The maximum Gasteiger partial charge on any atom is 0.437 e. The molecule has 0 bridgehead atoms. The highest BCUT2D eigenvalue weighted by molar-refractivity contribution is 6.74. The summed E-state index contributed by atoms with van der Waals surface area (Å²) < 4.78 is 27.1. The highest BCUT2D eigenvalue weighted by Crippen LogP contribution is 2.40. The lowest BCUT2D eigenvalue weighted by Crippen LogP contribution is -2.43. The minimum atomic E-state index is -2.10. The van der Waals surface area contributed by atoms with Crippen molar-refractivity contribution in [1.29, 1.82) is 0 Å². The van der Waals surface area contributed by atoms with Crippen LogP contribution in [0.5, 0.6) is 17.2 Å². The van der Waals surface area contributed by atoms with Crippen LogP contribution in [0, 0.1) is 0 Å². The zero-order valence-corrected chi connectivity index (χ0v) is 27.8. The fourth-order valence-corrected chi connectivity index (χ4v) is 5.30. The lowest BCUT2D eigenvalue weighted by Gasteiger charge is -2.36. The van der Waals surface area contributed by atoms with Crippen molar-refractivity contribution < 1.29 is 23.4 Å². The highest BCUT2D eigenvalue weighted by Gasteiger charge is 2.39. The van der Waals surface area contributed by atoms with Crippen molar-refractivity contribution in [2.24, 2.45) is 19.1 Å². The Balaban J connectivity index is 2.11. The van der Waals surface area contributed by atoms with Crippen LogP contribution in [0.15, 0.2) is 47.5 Å². The van der Waals surface area contributed by atoms with Gasteiger partial charge in [0.15, 0.2) is 5.75 Å². The van der Waals surface area contributed by atoms with Gasteiger partial charge in [0.1, 0.15) is 17.1 Å². The third-order valence-corrected chi connectivity index (χ3v) is 12.0. The number of hydrogen-bond donors (Lipinski definition) is 0. The molecule has 2 aromatic carbocycles. The van der Waals surface area contributed by atoms with Gasteiger partial charge in [-0.25, -0.2) is 4.79 Å². The maximum atomic E-state index is 12.7. The molecule has 3 rings (SSSR count). The first-order valence-corrected chi connectivity index (χ1v) is 16.9. The Morgan fingerprint density at radius 3 is 1.83 bits per heavy atom. The summed E-state index contributed by atoms with van der Waals surface area (Å²) in [7, 11) is 5.10. The van der Waals surface area contributed by atoms with Crippen molar-refractivity contribution in [2.75, 3.05) is 14.2 Å². The van der Waals surface area contributed by atoms with Crippen LogP contribution in [0.2, 0.25) is 18.1 Å². The number of rotatable bonds is 8. The normalized spacial score (nSPS) is 12.8. The number of benzene rings is 2. The predicted molar refractivity (Wildman–Crippen MR) is 166 cm³/mol. The van der Waals surface area contributed by atoms with Crippen LogP contribution < -0.4 is 19.5 Å². The van der Waals surface area contributed by atoms with Gasteiger partial charge in [0.2, 0.25) is 5.62 Å². The first kappa shape index (κ1) is 32.1. The van der Waals surface area contributed by atoms with Gasteiger partial charge in [-0.15, -0.1) is 4.99 Å². The van der Waals surface area contributed by atoms with E-state index in [0.717, 1.165) is 39.8 Å². The fourth-order valence-electron chi connectivity index (χ4n) is 4.28. The van der Waals surface area contributed by atoms with E-state index in [1.807, 2.05) is 62.2 Å². The molecule has 1 aromatic heterocycles. The molecule has 1 heterocycles. The van der Waals surface area contributed by atoms with Crippen molar-refractivity contribution >= 4 is 14.4 Å². The molecular formula is C32H47N3O5Si. The molecule has 0 saturated carbocycles. The predicted octanol–water partition coefficient (Wildman–Crippen LogP) is 6.78. The van der Waals surface area contributed by atoms with E-state index in [9.17, 15) is 4.79 Å². The summed E-state index contributed by atoms with van der Waals surface area (Å²) in [6.45, 7) is 16.6. The van der Waals surface area contributed by atoms with E-state index < -0.39 is 20.0 Å². The smallest absolute Gasteiger partial charge is 0.437 e. The molecule has 9 heteroatoms. The Hall–Kier alpha value is -3.46. The third-order valence-electron chi connectivity index (χ3n) is 7.63. The molecule has 0 fully saturated rings. The number of hydrogen-bond acceptors (Lipinski definition) is 5. The largest absolute Gasteiger partial charge is 0.541 e. The summed E-state index contributed by atoms with van der Waals surface area (Å²) in [6.07, 6.45) is 0.639. The number of nitrogens with zero attached hydrogens (tertiary/aromatic N) is 3. The molecule has 0 saturated heterocycles. The molecule has 0 aliphatic heterocycles. The van der Waals surface area contributed by atoms with Crippen LogP contribution in [-0.2, 0) is 31.7 Å². The summed E-state index contributed by atoms with van der Waals surface area (Å²) >= 11 is 0. The number of aromatic nitrogens is 2. The molecule has 0 N–H and O–H groups in total. The van der Waals surface area contributed by atoms with E-state index in [0.29, 0.717) is 18.5 Å². The Labute approximate surface area is 246 Å². The number of carbonyl (C=O) groups is 1. The van der Waals surface area contributed by atoms with Crippen LogP contribution in [0.3, 0.4) is 0 Å². The lowest BCUT2D eigenvalue weighted by atomic mass is 10.0. The second-order valence-electron chi connectivity index (χ2n) is 13.0. The minimum absolute atomic E-state index is 0.0451. The standard InChI is InChI=1S/C32H47N3O5Si/c1-31(2,3)39-30(36)33-29-34(7)25(19-22-13-16-24(37-9)17-14-22)26(35(29)8)20-23-15-18-27(38-10)28(21-23)40-41(11,12)32(4,5)6/h13-18,21H,19-20H2,1-12H3/b33-29-. The molecule has 3 aromatic rings. The molecule has 8 nitrogen and oxygen atoms in total. The van der Waals surface area contributed by atoms with E-state index in [4.69, 9.17) is 18.6 Å². The van der Waals surface area contributed by atoms with E-state index in [1.165, 1.54) is 0 Å². The van der Waals surface area contributed by atoms with Crippen LogP contribution in [-0.4, -0.2) is 43.4 Å². The Kier molecular flexibility index (Phi) is 9.53. The maximum absolute atomic E-state index is 12.7. The number of ether oxygens (including phenoxy) is 3. The molecule has 0 unspecified atom stereocenters. The average molecular weight is 582 g/mol. The number of carbonyl (C=O) groups excluding carboxylic acids is 1. The van der Waals surface area contributed by atoms with Gasteiger partial charge in [0, 0.05) is 38.3 Å². The second kappa shape index (κ2) is 12.2. The summed E-state index contributed by atoms with van der Waals surface area (Å²) in [5.41, 5.74) is 4.15. The second-order valence-corrected chi connectivity index (χ2v) is 17.7. The summed E-state index contributed by atoms with van der Waals surface area (Å²) in [5, 5.41) is 0.0451. The van der Waals surface area contributed by atoms with Gasteiger partial charge >= 0.3 is 6.09 Å². The van der Waals surface area contributed by atoms with Crippen molar-refractivity contribution in [3.8, 4) is 17.2 Å². The van der Waals surface area contributed by atoms with E-state index in [-0.39, 0.29) is 5.04 Å². The molecule has 0 radical (unpaired) electrons. The molecule has 0 aliphatic rings. The number of amides is 1. The topological polar surface area (TPSA) is 76.2 Å². The van der Waals surface area contributed by atoms with Gasteiger partial charge in [0.25, 0.3) is 8.32 Å². The van der Waals surface area contributed by atoms with E-state index in [1.54, 1.807) is 14.2 Å². The summed E-state index contributed by atoms with van der Waals surface area (Å²) in [6, 6.07) is 14.1.